The predicted molar refractivity (Wildman–Crippen MR) is 80.7 cm³/mol. The maximum atomic E-state index is 11.6. The first-order valence-corrected chi connectivity index (χ1v) is 6.89. The number of fused-ring (bicyclic) bond motifs is 2. The molecule has 110 valence electrons. The van der Waals surface area contributed by atoms with Gasteiger partial charge in [0.1, 0.15) is 0 Å². The molecule has 0 amide bonds. The monoisotopic (exact) mass is 295 g/mol. The molecule has 0 spiro atoms. The van der Waals surface area contributed by atoms with Crippen molar-refractivity contribution in [2.24, 2.45) is 0 Å². The molecule has 0 saturated heterocycles. The minimum absolute atomic E-state index is 0.194. The number of aromatic nitrogens is 1. The second-order valence-corrected chi connectivity index (χ2v) is 5.27. The van der Waals surface area contributed by atoms with Gasteiger partial charge in [-0.25, -0.2) is 4.79 Å². The molecular weight excluding hydrogens is 282 g/mol. The lowest BCUT2D eigenvalue weighted by Crippen LogP contribution is -1.96. The summed E-state index contributed by atoms with van der Waals surface area (Å²) in [5, 5.41) is 9.52. The average molecular weight is 295 g/mol. The molecular formula is C17H13NO4. The quantitative estimate of drug-likeness (QED) is 0.758. The van der Waals surface area contributed by atoms with Crippen LogP contribution < -0.4 is 9.47 Å². The average Bonchev–Trinajstić information content (AvgIpc) is 3.09. The van der Waals surface area contributed by atoms with Crippen LogP contribution in [0.3, 0.4) is 0 Å². The molecule has 0 fully saturated rings. The number of hydrogen-bond donors (Lipinski definition) is 2. The number of rotatable bonds is 2. The van der Waals surface area contributed by atoms with Gasteiger partial charge in [0, 0.05) is 22.5 Å². The number of carbonyl (C=O) groups is 1. The van der Waals surface area contributed by atoms with E-state index in [2.05, 4.69) is 4.98 Å². The number of carboxylic acids is 1. The molecule has 2 N–H and O–H groups in total. The highest BCUT2D eigenvalue weighted by Crippen LogP contribution is 2.42. The minimum Gasteiger partial charge on any atom is -0.478 e. The molecule has 0 saturated carbocycles. The standard InChI is InChI=1S/C17H13NO4/c1-9-2-4-11-13(18-9)7-12(17(19)20)16(11)10-3-5-14-15(6-10)22-8-21-14/h2-7,18H,8H2,1H3,(H,19,20). The number of aryl methyl sites for hydroxylation is 1. The highest BCUT2D eigenvalue weighted by Gasteiger charge is 2.24. The van der Waals surface area contributed by atoms with E-state index in [0.29, 0.717) is 17.1 Å². The molecule has 3 aliphatic rings. The molecule has 0 radical (unpaired) electrons. The van der Waals surface area contributed by atoms with E-state index in [-0.39, 0.29) is 12.4 Å². The molecule has 22 heavy (non-hydrogen) atoms. The first-order chi connectivity index (χ1) is 10.6. The van der Waals surface area contributed by atoms with Gasteiger partial charge in [-0.2, -0.15) is 0 Å². The zero-order valence-corrected chi connectivity index (χ0v) is 11.8. The zero-order valence-electron chi connectivity index (χ0n) is 11.8. The number of carboxylic acid groups (broad SMARTS) is 1. The second kappa shape index (κ2) is 4.53. The SMILES string of the molecule is Cc1ccc2c(-c3ccc4c(c3)OCO4)c(C(=O)O)cc-2[nH]1. The smallest absolute Gasteiger partial charge is 0.336 e. The molecule has 1 aromatic rings. The Morgan fingerprint density at radius 1 is 1.14 bits per heavy atom. The minimum atomic E-state index is -0.949. The van der Waals surface area contributed by atoms with Crippen molar-refractivity contribution in [2.75, 3.05) is 6.79 Å². The lowest BCUT2D eigenvalue weighted by Gasteiger charge is -2.08. The Bertz CT molecular complexity index is 865. The summed E-state index contributed by atoms with van der Waals surface area (Å²) in [4.78, 5) is 14.8. The summed E-state index contributed by atoms with van der Waals surface area (Å²) in [6.45, 7) is 2.13. The van der Waals surface area contributed by atoms with E-state index in [9.17, 15) is 9.90 Å². The van der Waals surface area contributed by atoms with Gasteiger partial charge in [0.2, 0.25) is 6.79 Å². The van der Waals surface area contributed by atoms with E-state index in [1.165, 1.54) is 0 Å². The maximum Gasteiger partial charge on any atom is 0.336 e. The van der Waals surface area contributed by atoms with E-state index in [1.807, 2.05) is 31.2 Å². The zero-order chi connectivity index (χ0) is 15.3. The summed E-state index contributed by atoms with van der Waals surface area (Å²) >= 11 is 0. The molecule has 0 unspecified atom stereocenters. The Hall–Kier alpha value is -2.95. The Kier molecular flexibility index (Phi) is 2.63. The number of aromatic carboxylic acids is 1. The van der Waals surface area contributed by atoms with Gasteiger partial charge in [-0.15, -0.1) is 0 Å². The molecule has 5 heteroatoms. The number of nitrogens with one attached hydrogen (secondary N) is 1. The van der Waals surface area contributed by atoms with E-state index < -0.39 is 5.97 Å². The molecule has 2 aliphatic heterocycles. The van der Waals surface area contributed by atoms with Crippen molar-refractivity contribution in [1.29, 1.82) is 0 Å². The van der Waals surface area contributed by atoms with Crippen molar-refractivity contribution in [1.82, 2.24) is 4.98 Å². The third kappa shape index (κ3) is 1.83. The summed E-state index contributed by atoms with van der Waals surface area (Å²) < 4.78 is 10.7. The molecule has 2 heterocycles. The van der Waals surface area contributed by atoms with Crippen LogP contribution in [0.5, 0.6) is 11.5 Å². The van der Waals surface area contributed by atoms with Crippen molar-refractivity contribution in [3.63, 3.8) is 0 Å². The van der Waals surface area contributed by atoms with E-state index in [1.54, 1.807) is 12.1 Å². The van der Waals surface area contributed by atoms with Crippen LogP contribution in [0.25, 0.3) is 22.4 Å². The van der Waals surface area contributed by atoms with Crippen molar-refractivity contribution < 1.29 is 19.4 Å². The number of hydrogen-bond acceptors (Lipinski definition) is 3. The molecule has 1 aromatic carbocycles. The first-order valence-electron chi connectivity index (χ1n) is 6.89. The summed E-state index contributed by atoms with van der Waals surface area (Å²) in [6, 6.07) is 11.0. The van der Waals surface area contributed by atoms with Crippen LogP contribution >= 0.6 is 0 Å². The molecule has 0 bridgehead atoms. The third-order valence-electron chi connectivity index (χ3n) is 3.84. The lowest BCUT2D eigenvalue weighted by molar-refractivity contribution is 0.0698. The highest BCUT2D eigenvalue weighted by molar-refractivity contribution is 6.04. The lowest BCUT2D eigenvalue weighted by atomic mass is 9.99. The Balaban J connectivity index is 1.97. The van der Waals surface area contributed by atoms with Gasteiger partial charge < -0.3 is 19.6 Å². The van der Waals surface area contributed by atoms with Gasteiger partial charge in [-0.05, 0) is 36.8 Å². The predicted octanol–water partition coefficient (Wildman–Crippen LogP) is 3.52. The summed E-state index contributed by atoms with van der Waals surface area (Å²) in [6.07, 6.45) is 0. The fraction of sp³-hybridized carbons (Fsp3) is 0.118. The van der Waals surface area contributed by atoms with Crippen LogP contribution in [0.4, 0.5) is 0 Å². The van der Waals surface area contributed by atoms with Gasteiger partial charge in [0.25, 0.3) is 0 Å². The molecule has 1 aliphatic carbocycles. The molecule has 4 rings (SSSR count). The largest absolute Gasteiger partial charge is 0.478 e. The van der Waals surface area contributed by atoms with Gasteiger partial charge in [0.15, 0.2) is 11.5 Å². The van der Waals surface area contributed by atoms with Gasteiger partial charge in [-0.1, -0.05) is 12.1 Å². The van der Waals surface area contributed by atoms with Crippen molar-refractivity contribution in [2.45, 2.75) is 6.92 Å². The highest BCUT2D eigenvalue weighted by atomic mass is 16.7. The first kappa shape index (κ1) is 12.8. The van der Waals surface area contributed by atoms with Crippen LogP contribution in [0.2, 0.25) is 0 Å². The number of H-pyrrole nitrogens is 1. The fourth-order valence-electron chi connectivity index (χ4n) is 2.84. The van der Waals surface area contributed by atoms with Crippen molar-refractivity contribution in [3.8, 4) is 33.9 Å². The summed E-state index contributed by atoms with van der Waals surface area (Å²) in [5.74, 6) is 0.369. The number of pyridine rings is 1. The third-order valence-corrected chi connectivity index (χ3v) is 3.84. The summed E-state index contributed by atoms with van der Waals surface area (Å²) in [7, 11) is 0. The van der Waals surface area contributed by atoms with Crippen molar-refractivity contribution in [3.05, 3.63) is 47.7 Å². The Labute approximate surface area is 126 Å². The van der Waals surface area contributed by atoms with Crippen LogP contribution in [0.1, 0.15) is 16.1 Å². The van der Waals surface area contributed by atoms with Crippen LogP contribution in [-0.2, 0) is 0 Å². The molecule has 0 aromatic heterocycles. The van der Waals surface area contributed by atoms with Crippen LogP contribution in [-0.4, -0.2) is 22.9 Å². The van der Waals surface area contributed by atoms with Gasteiger partial charge >= 0.3 is 5.97 Å². The molecule has 5 nitrogen and oxygen atoms in total. The maximum absolute atomic E-state index is 11.6. The Morgan fingerprint density at radius 3 is 2.77 bits per heavy atom. The fourth-order valence-corrected chi connectivity index (χ4v) is 2.84. The van der Waals surface area contributed by atoms with Crippen LogP contribution in [0.15, 0.2) is 36.4 Å². The van der Waals surface area contributed by atoms with Gasteiger partial charge in [0.05, 0.1) is 5.56 Å². The molecule has 0 atom stereocenters. The van der Waals surface area contributed by atoms with E-state index >= 15 is 0 Å². The normalized spacial score (nSPS) is 12.8. The van der Waals surface area contributed by atoms with Crippen LogP contribution in [0, 0.1) is 6.92 Å². The second-order valence-electron chi connectivity index (χ2n) is 5.27. The van der Waals surface area contributed by atoms with Gasteiger partial charge in [-0.3, -0.25) is 0 Å². The summed E-state index contributed by atoms with van der Waals surface area (Å²) in [5.41, 5.74) is 4.43. The van der Waals surface area contributed by atoms with E-state index in [0.717, 1.165) is 22.5 Å². The van der Waals surface area contributed by atoms with Crippen molar-refractivity contribution >= 4 is 5.97 Å². The number of ether oxygens (including phenoxy) is 2. The van der Waals surface area contributed by atoms with E-state index in [4.69, 9.17) is 9.47 Å². The Morgan fingerprint density at radius 2 is 1.95 bits per heavy atom. The topological polar surface area (TPSA) is 71.6 Å². The number of benzene rings is 1. The number of aromatic amines is 1.